The van der Waals surface area contributed by atoms with E-state index in [-0.39, 0.29) is 0 Å². The van der Waals surface area contributed by atoms with Gasteiger partial charge in [0.1, 0.15) is 0 Å². The van der Waals surface area contributed by atoms with Crippen LogP contribution in [-0.4, -0.2) is 16.6 Å². The molecule has 0 aliphatic rings. The van der Waals surface area contributed by atoms with Gasteiger partial charge >= 0.3 is 0 Å². The van der Waals surface area contributed by atoms with Crippen LogP contribution >= 0.6 is 0 Å². The van der Waals surface area contributed by atoms with Gasteiger partial charge in [0, 0.05) is 0 Å². The Labute approximate surface area is 100 Å². The van der Waals surface area contributed by atoms with Crippen molar-refractivity contribution in [3.05, 3.63) is 17.9 Å². The van der Waals surface area contributed by atoms with Crippen LogP contribution in [0.15, 0.2) is 16.7 Å². The molecule has 1 heterocycles. The fraction of sp³-hybridized carbons (Fsp3) is 0.636. The first-order valence-corrected chi connectivity index (χ1v) is 12.4. The lowest BCUT2D eigenvalue weighted by molar-refractivity contribution is 0.287. The third-order valence-electron chi connectivity index (χ3n) is 1.77. The maximum atomic E-state index is 5.85. The van der Waals surface area contributed by atoms with Gasteiger partial charge in [0.05, 0.1) is 18.4 Å². The molecule has 92 valence electrons. The van der Waals surface area contributed by atoms with Crippen LogP contribution in [0.2, 0.25) is 39.3 Å². The van der Waals surface area contributed by atoms with E-state index in [4.69, 9.17) is 13.3 Å². The summed E-state index contributed by atoms with van der Waals surface area (Å²) in [6, 6.07) is 1.93. The van der Waals surface area contributed by atoms with E-state index in [0.717, 1.165) is 5.56 Å². The van der Waals surface area contributed by atoms with Crippen molar-refractivity contribution in [1.82, 2.24) is 0 Å². The van der Waals surface area contributed by atoms with Crippen LogP contribution in [-0.2, 0) is 11.0 Å². The molecule has 0 unspecified atom stereocenters. The minimum atomic E-state index is -1.61. The number of hydrogen-bond donors (Lipinski definition) is 0. The lowest BCUT2D eigenvalue weighted by Crippen LogP contribution is -2.30. The molecule has 0 spiro atoms. The second-order valence-corrected chi connectivity index (χ2v) is 14.8. The maximum absolute atomic E-state index is 5.85. The molecule has 3 nitrogen and oxygen atoms in total. The SMILES string of the molecule is C[Si](C)(C)OCc1ccoc1O[Si](C)(C)C. The fourth-order valence-corrected chi connectivity index (χ4v) is 2.41. The van der Waals surface area contributed by atoms with Gasteiger partial charge in [-0.1, -0.05) is 0 Å². The first-order valence-electron chi connectivity index (χ1n) is 5.57. The monoisotopic (exact) mass is 258 g/mol. The van der Waals surface area contributed by atoms with Crippen molar-refractivity contribution < 1.29 is 13.3 Å². The van der Waals surface area contributed by atoms with E-state index in [0.29, 0.717) is 12.6 Å². The number of hydrogen-bond acceptors (Lipinski definition) is 3. The third-order valence-corrected chi connectivity index (χ3v) is 3.57. The highest BCUT2D eigenvalue weighted by molar-refractivity contribution is 6.70. The van der Waals surface area contributed by atoms with E-state index in [1.807, 2.05) is 6.07 Å². The summed E-state index contributed by atoms with van der Waals surface area (Å²) in [5, 5.41) is 0. The predicted octanol–water partition coefficient (Wildman–Crippen LogP) is 3.84. The molecule has 5 heteroatoms. The molecule has 16 heavy (non-hydrogen) atoms. The molecule has 0 aliphatic carbocycles. The van der Waals surface area contributed by atoms with E-state index >= 15 is 0 Å². The molecule has 0 bridgehead atoms. The van der Waals surface area contributed by atoms with Crippen LogP contribution in [0.1, 0.15) is 5.56 Å². The van der Waals surface area contributed by atoms with E-state index < -0.39 is 16.6 Å². The van der Waals surface area contributed by atoms with E-state index in [2.05, 4.69) is 39.3 Å². The summed E-state index contributed by atoms with van der Waals surface area (Å²) in [6.45, 7) is 13.5. The molecule has 0 amide bonds. The van der Waals surface area contributed by atoms with Crippen LogP contribution in [0.3, 0.4) is 0 Å². The van der Waals surface area contributed by atoms with Gasteiger partial charge in [-0.3, -0.25) is 0 Å². The molecule has 0 saturated heterocycles. The second kappa shape index (κ2) is 4.77. The van der Waals surface area contributed by atoms with Crippen molar-refractivity contribution in [2.75, 3.05) is 0 Å². The molecule has 0 fully saturated rings. The highest BCUT2D eigenvalue weighted by Crippen LogP contribution is 2.24. The van der Waals surface area contributed by atoms with Crippen LogP contribution in [0.4, 0.5) is 0 Å². The Balaban J connectivity index is 2.64. The Morgan fingerprint density at radius 3 is 2.19 bits per heavy atom. The van der Waals surface area contributed by atoms with Crippen LogP contribution in [0.25, 0.3) is 0 Å². The minimum absolute atomic E-state index is 0.589. The number of furan rings is 1. The molecule has 1 aromatic rings. The zero-order valence-corrected chi connectivity index (χ0v) is 13.1. The maximum Gasteiger partial charge on any atom is 0.276 e. The Morgan fingerprint density at radius 2 is 1.69 bits per heavy atom. The van der Waals surface area contributed by atoms with Crippen molar-refractivity contribution in [1.29, 1.82) is 0 Å². The first kappa shape index (κ1) is 13.5. The summed E-state index contributed by atoms with van der Waals surface area (Å²) in [4.78, 5) is 0. The average molecular weight is 258 g/mol. The zero-order valence-electron chi connectivity index (χ0n) is 11.1. The first-order chi connectivity index (χ1) is 7.17. The second-order valence-electron chi connectivity index (χ2n) is 5.85. The summed E-state index contributed by atoms with van der Waals surface area (Å²) in [5.41, 5.74) is 1.02. The standard InChI is InChI=1S/C11H22O3Si2/c1-15(2,3)13-9-10-7-8-12-11(10)14-16(4,5)6/h7-8H,9H2,1-6H3. The van der Waals surface area contributed by atoms with Gasteiger partial charge in [0.2, 0.25) is 8.32 Å². The third kappa shape index (κ3) is 5.00. The van der Waals surface area contributed by atoms with Crippen molar-refractivity contribution in [3.8, 4) is 5.95 Å². The minimum Gasteiger partial charge on any atom is -0.519 e. The quantitative estimate of drug-likeness (QED) is 0.752. The van der Waals surface area contributed by atoms with Crippen molar-refractivity contribution in [2.45, 2.75) is 45.9 Å². The molecular weight excluding hydrogens is 236 g/mol. The fourth-order valence-electron chi connectivity index (χ4n) is 1.09. The molecule has 0 aliphatic heterocycles. The molecule has 1 aromatic heterocycles. The van der Waals surface area contributed by atoms with Gasteiger partial charge < -0.3 is 13.3 Å². The summed E-state index contributed by atoms with van der Waals surface area (Å²) in [6.07, 6.45) is 1.67. The van der Waals surface area contributed by atoms with E-state index in [1.165, 1.54) is 0 Å². The van der Waals surface area contributed by atoms with Crippen molar-refractivity contribution >= 4 is 16.6 Å². The van der Waals surface area contributed by atoms with Crippen LogP contribution in [0.5, 0.6) is 5.95 Å². The van der Waals surface area contributed by atoms with Gasteiger partial charge in [-0.05, 0) is 45.3 Å². The molecule has 1 rings (SSSR count). The zero-order chi connectivity index (χ0) is 12.4. The predicted molar refractivity (Wildman–Crippen MR) is 70.8 cm³/mol. The smallest absolute Gasteiger partial charge is 0.276 e. The molecule has 0 saturated carbocycles. The largest absolute Gasteiger partial charge is 0.519 e. The Bertz CT molecular complexity index is 334. The molecule has 0 radical (unpaired) electrons. The van der Waals surface area contributed by atoms with Crippen LogP contribution < -0.4 is 4.43 Å². The Hall–Kier alpha value is -0.526. The van der Waals surface area contributed by atoms with Gasteiger partial charge in [0.25, 0.3) is 5.95 Å². The van der Waals surface area contributed by atoms with E-state index in [9.17, 15) is 0 Å². The van der Waals surface area contributed by atoms with E-state index in [1.54, 1.807) is 6.26 Å². The van der Waals surface area contributed by atoms with Gasteiger partial charge in [-0.2, -0.15) is 0 Å². The topological polar surface area (TPSA) is 31.6 Å². The lowest BCUT2D eigenvalue weighted by atomic mass is 10.4. The molecular formula is C11H22O3Si2. The lowest BCUT2D eigenvalue weighted by Gasteiger charge is -2.20. The van der Waals surface area contributed by atoms with Crippen molar-refractivity contribution in [2.24, 2.45) is 0 Å². The highest BCUT2D eigenvalue weighted by Gasteiger charge is 2.22. The van der Waals surface area contributed by atoms with Gasteiger partial charge in [-0.15, -0.1) is 0 Å². The summed E-state index contributed by atoms with van der Waals surface area (Å²) in [7, 11) is -3.09. The summed E-state index contributed by atoms with van der Waals surface area (Å²) >= 11 is 0. The van der Waals surface area contributed by atoms with Crippen molar-refractivity contribution in [3.63, 3.8) is 0 Å². The molecule has 0 N–H and O–H groups in total. The average Bonchev–Trinajstić information content (AvgIpc) is 2.44. The highest BCUT2D eigenvalue weighted by atomic mass is 28.4. The molecule has 0 aromatic carbocycles. The van der Waals surface area contributed by atoms with Gasteiger partial charge in [0.15, 0.2) is 8.32 Å². The molecule has 0 atom stereocenters. The normalized spacial score (nSPS) is 12.9. The Kier molecular flexibility index (Phi) is 4.03. The van der Waals surface area contributed by atoms with Crippen LogP contribution in [0, 0.1) is 0 Å². The van der Waals surface area contributed by atoms with Gasteiger partial charge in [-0.25, -0.2) is 0 Å². The summed E-state index contributed by atoms with van der Waals surface area (Å²) < 4.78 is 17.0. The Morgan fingerprint density at radius 1 is 1.06 bits per heavy atom. The number of rotatable bonds is 5. The summed E-state index contributed by atoms with van der Waals surface area (Å²) in [5.74, 6) is 0.636.